The molecule has 16 atom stereocenters. The van der Waals surface area contributed by atoms with E-state index in [-0.39, 0.29) is 127 Å². The predicted molar refractivity (Wildman–Crippen MR) is 530 cm³/mol. The molecule has 0 bridgehead atoms. The number of nitrogens with two attached hydrogens (primary N) is 4. The van der Waals surface area contributed by atoms with Crippen molar-refractivity contribution < 1.29 is 112 Å². The van der Waals surface area contributed by atoms with Gasteiger partial charge in [-0.1, -0.05) is 75.7 Å². The number of piperidine rings is 1. The van der Waals surface area contributed by atoms with E-state index in [2.05, 4.69) is 63.1 Å². The molecular weight excluding hydrogens is 1900 g/mol. The van der Waals surface area contributed by atoms with E-state index in [4.69, 9.17) is 22.9 Å². The van der Waals surface area contributed by atoms with E-state index in [1.165, 1.54) is 66.5 Å². The second kappa shape index (κ2) is 54.0. The Hall–Kier alpha value is -14.1. The van der Waals surface area contributed by atoms with Gasteiger partial charge < -0.3 is 135 Å². The summed E-state index contributed by atoms with van der Waals surface area (Å²) in [5.41, 5.74) is 26.0. The van der Waals surface area contributed by atoms with Gasteiger partial charge in [0.1, 0.15) is 90.8 Å². The molecule has 10 rings (SSSR count). The topological polar surface area (TPSA) is 684 Å². The number of carboxylic acids is 2. The van der Waals surface area contributed by atoms with Crippen molar-refractivity contribution in [1.29, 1.82) is 0 Å². The zero-order valence-electron chi connectivity index (χ0n) is 82.4. The third kappa shape index (κ3) is 31.7. The summed E-state index contributed by atoms with van der Waals surface area (Å²) in [5, 5.41) is 70.0. The van der Waals surface area contributed by atoms with E-state index < -0.39 is 267 Å². The first-order valence-electron chi connectivity index (χ1n) is 49.1. The number of nitrogens with zero attached hydrogens (tertiary/aromatic N) is 8. The molecule has 17 amide bonds. The number of amides is 17. The predicted octanol–water partition coefficient (Wildman–Crippen LogP) is -2.29. The Morgan fingerprint density at radius 1 is 0.552 bits per heavy atom. The number of para-hydroxylation sites is 2. The van der Waals surface area contributed by atoms with Crippen molar-refractivity contribution in [1.82, 2.24) is 96.8 Å². The van der Waals surface area contributed by atoms with Crippen molar-refractivity contribution in [3.63, 3.8) is 0 Å². The number of phenols is 1. The van der Waals surface area contributed by atoms with Crippen molar-refractivity contribution in [2.24, 2.45) is 41.8 Å². The summed E-state index contributed by atoms with van der Waals surface area (Å²) >= 11 is 0.718. The summed E-state index contributed by atoms with van der Waals surface area (Å²) in [4.78, 5) is 291. The van der Waals surface area contributed by atoms with Gasteiger partial charge >= 0.3 is 11.9 Å². The number of fused-ring (bicyclic) bond motifs is 5. The van der Waals surface area contributed by atoms with Gasteiger partial charge in [-0.3, -0.25) is 91.1 Å². The quantitative estimate of drug-likeness (QED) is 0.0204. The Morgan fingerprint density at radius 2 is 1.11 bits per heavy atom. The molecule has 0 saturated carbocycles. The highest BCUT2D eigenvalue weighted by Crippen LogP contribution is 2.30. The molecule has 7 heterocycles. The van der Waals surface area contributed by atoms with Crippen LogP contribution in [0.5, 0.6) is 5.75 Å². The van der Waals surface area contributed by atoms with Crippen molar-refractivity contribution in [3.05, 3.63) is 120 Å². The van der Waals surface area contributed by atoms with E-state index in [9.17, 15) is 54.0 Å². The van der Waals surface area contributed by atoms with E-state index >= 15 is 57.5 Å². The van der Waals surface area contributed by atoms with E-state index in [0.29, 0.717) is 69.9 Å². The molecule has 0 spiro atoms. The number of aromatic nitrogens is 4. The van der Waals surface area contributed by atoms with Gasteiger partial charge in [0.15, 0.2) is 0 Å². The first-order chi connectivity index (χ1) is 69.1. The van der Waals surface area contributed by atoms with Gasteiger partial charge in [0, 0.05) is 131 Å². The molecule has 23 N–H and O–H groups in total. The van der Waals surface area contributed by atoms with Crippen molar-refractivity contribution in [2.45, 2.75) is 253 Å². The summed E-state index contributed by atoms with van der Waals surface area (Å²) in [7, 11) is 4.11. The van der Waals surface area contributed by atoms with Crippen LogP contribution in [0.15, 0.2) is 97.7 Å². The number of aliphatic hydroxyl groups excluding tert-OH is 1. The maximum absolute atomic E-state index is 15.7. The molecule has 0 aliphatic carbocycles. The Morgan fingerprint density at radius 3 is 1.75 bits per heavy atom. The number of rotatable bonds is 31. The summed E-state index contributed by atoms with van der Waals surface area (Å²) in [6, 6.07) is -1.52. The van der Waals surface area contributed by atoms with Crippen LogP contribution in [0.25, 0.3) is 21.8 Å². The minimum Gasteiger partial charge on any atom is -0.508 e. The van der Waals surface area contributed by atoms with Crippen LogP contribution in [-0.2, 0) is 130 Å². The zero-order valence-corrected chi connectivity index (χ0v) is 83.3. The molecule has 0 radical (unpaired) electrons. The number of carboxylic acid groups (broad SMARTS) is 2. The van der Waals surface area contributed by atoms with Crippen LogP contribution < -0.4 is 76.1 Å². The average Bonchev–Trinajstić information content (AvgIpc) is 1.66. The number of carbonyl (C=O) groups is 19. The lowest BCUT2D eigenvalue weighted by Gasteiger charge is -2.38. The first kappa shape index (κ1) is 113. The number of aryl methyl sites for hydroxylation is 1. The van der Waals surface area contributed by atoms with Crippen LogP contribution in [0.2, 0.25) is 0 Å². The standard InChI is InChI=1S/C98H137N23O23S/c1-7-55(2)56(3)27-33-76-91(137)108-67(32-34-84(128)129)88(134)114-74(86(132)105-47-81(102)125)52-145-53-82(126)106-71(39-57-28-30-61(122)31-29-57)97(143)119-37-17-14-25-77(119)93(139)113-73(44-80(101)124)98(144)120-38-18-26-78(120)92(138)111-70(42-60-46-103-54-116(60)5)90(136)109-68(23-13-16-36-100)96(142)121-49-62(123)43-79(121)94(140)110-69(40-58-45-104-65-21-10-8-19-63(58)65)89(135)107-66(22-12-15-35-99)87(133)112-72(95(141)115(4)50-83(127)117(76)6)41-59-48-118(51-85(130)131)75-24-11-9-20-64(59)75/h8-11,19-21,24,28-31,45-46,48,54-56,62,66-74,76-79,104,122-123H,7,12-18,22-23,25-27,32-44,47,49-53,99-100H2,1-6H3,(H2,101,124)(H2,102,125)(H,105,132)(H,106,126)(H,107,135)(H,108,137)(H,109,136)(H,110,140)(H,111,138)(H,112,133)(H,113,139)(H,114,134)(H,128,129)(H,130,131)/t55?,56?,62-,66+,67+,68+,69+,70+,71+,72+,73+,74+,76+,77+,78+,79+/m1/s1. The minimum absolute atomic E-state index is 0.0251. The number of likely N-dealkylation sites (N-methyl/N-ethyl adjacent to an activating group) is 2. The minimum atomic E-state index is -1.82. The fourth-order valence-corrected chi connectivity index (χ4v) is 19.6. The maximum atomic E-state index is 15.7. The number of carbonyl (C=O) groups excluding carboxylic acids is 17. The molecule has 788 valence electrons. The van der Waals surface area contributed by atoms with E-state index in [1.807, 2.05) is 20.8 Å². The Balaban J connectivity index is 1.05. The van der Waals surface area contributed by atoms with Crippen LogP contribution in [0, 0.1) is 11.8 Å². The maximum Gasteiger partial charge on any atom is 0.323 e. The normalized spacial score (nSPS) is 24.2. The summed E-state index contributed by atoms with van der Waals surface area (Å²) < 4.78 is 2.98. The second-order valence-corrected chi connectivity index (χ2v) is 38.8. The zero-order chi connectivity index (χ0) is 106. The fraction of sp³-hybridized carbons (Fsp3) is 0.551. The number of nitrogens with one attached hydrogen (secondary N) is 11. The SMILES string of the molecule is CCC(C)C(C)CC[C@H]1C(=O)N[C@@H](CCC(=O)O)C(=O)N[C@H](C(=O)NCC(N)=O)CSCC(=O)N[C@@H](Cc2ccc(O)cc2)C(=O)N2CCCC[C@H]2C(=O)N[C@@H](CC(N)=O)C(=O)N2CCC[C@H]2C(=O)N[C@@H](Cc2cncn2C)C(=O)N[C@@H](CCCCN)C(=O)N2C[C@H](O)C[C@H]2C(=O)N[C@@H](Cc2c[nH]c3ccccc23)C(=O)N[C@@H](CCCCN)C(=O)N[C@@H](Cc2cn(CC(=O)O)c3ccccc23)C(=O)N(C)CC(=O)N1C. The lowest BCUT2D eigenvalue weighted by Crippen LogP contribution is -2.61. The van der Waals surface area contributed by atoms with Gasteiger partial charge in [0.25, 0.3) is 0 Å². The highest BCUT2D eigenvalue weighted by molar-refractivity contribution is 8.00. The molecule has 4 aliphatic heterocycles. The monoisotopic (exact) mass is 2040 g/mol. The number of aliphatic hydroxyl groups is 1. The lowest BCUT2D eigenvalue weighted by molar-refractivity contribution is -0.147. The van der Waals surface area contributed by atoms with Crippen molar-refractivity contribution in [2.75, 3.05) is 71.4 Å². The summed E-state index contributed by atoms with van der Waals surface area (Å²) in [5.74, 6) is -20.4. The van der Waals surface area contributed by atoms with Crippen LogP contribution in [0.3, 0.4) is 0 Å². The Labute approximate surface area is 842 Å². The number of unbranched alkanes of at least 4 members (excludes halogenated alkanes) is 2. The highest BCUT2D eigenvalue weighted by atomic mass is 32.2. The molecule has 3 aromatic heterocycles. The van der Waals surface area contributed by atoms with Crippen molar-refractivity contribution in [3.8, 4) is 5.75 Å². The molecule has 47 heteroatoms. The largest absolute Gasteiger partial charge is 0.508 e. The molecule has 145 heavy (non-hydrogen) atoms. The number of hydrogen-bond donors (Lipinski definition) is 19. The number of phenolic OH excluding ortho intramolecular Hbond substituents is 1. The first-order valence-corrected chi connectivity index (χ1v) is 50.2. The number of hydrogen-bond acceptors (Lipinski definition) is 25. The van der Waals surface area contributed by atoms with Crippen LogP contribution >= 0.6 is 11.8 Å². The molecule has 4 aliphatic rings. The lowest BCUT2D eigenvalue weighted by atomic mass is 9.88. The number of aliphatic carboxylic acids is 2. The van der Waals surface area contributed by atoms with Gasteiger partial charge in [0.2, 0.25) is 100 Å². The number of aromatic hydroxyl groups is 1. The third-order valence-electron chi connectivity index (χ3n) is 27.2. The van der Waals surface area contributed by atoms with Gasteiger partial charge in [-0.2, -0.15) is 0 Å². The number of primary amides is 2. The summed E-state index contributed by atoms with van der Waals surface area (Å²) in [6.07, 6.45) is 2.93. The number of H-pyrrole nitrogens is 1. The molecular formula is C98H137N23O23S. The summed E-state index contributed by atoms with van der Waals surface area (Å²) in [6.45, 7) is 3.20. The Bertz CT molecular complexity index is 5640. The molecule has 4 saturated heterocycles. The average molecular weight is 2040 g/mol. The number of benzene rings is 3. The third-order valence-corrected chi connectivity index (χ3v) is 28.2. The van der Waals surface area contributed by atoms with Gasteiger partial charge in [-0.15, -0.1) is 11.8 Å². The van der Waals surface area contributed by atoms with Gasteiger partial charge in [-0.05, 0) is 156 Å². The highest BCUT2D eigenvalue weighted by Gasteiger charge is 2.47. The Kier molecular flexibility index (Phi) is 42.0. The van der Waals surface area contributed by atoms with Crippen LogP contribution in [0.1, 0.15) is 159 Å². The van der Waals surface area contributed by atoms with Crippen LogP contribution in [0.4, 0.5) is 0 Å². The number of aromatic amines is 1. The molecule has 3 aromatic carbocycles. The molecule has 46 nitrogen and oxygen atoms in total. The van der Waals surface area contributed by atoms with Crippen molar-refractivity contribution >= 4 is 146 Å². The van der Waals surface area contributed by atoms with Gasteiger partial charge in [-0.25, -0.2) is 4.98 Å². The van der Waals surface area contributed by atoms with E-state index in [0.717, 1.165) is 31.4 Å². The van der Waals surface area contributed by atoms with Crippen LogP contribution in [-0.4, -0.2) is 332 Å². The molecule has 6 aromatic rings. The van der Waals surface area contributed by atoms with Gasteiger partial charge in [0.05, 0.1) is 37.7 Å². The smallest absolute Gasteiger partial charge is 0.323 e. The molecule has 4 fully saturated rings. The number of imidazole rings is 1. The molecule has 2 unspecified atom stereocenters. The second-order valence-electron chi connectivity index (χ2n) is 37.8. The number of thioether (sulfide) groups is 1. The van der Waals surface area contributed by atoms with E-state index in [1.54, 1.807) is 66.3 Å². The fourth-order valence-electron chi connectivity index (χ4n) is 18.7.